The molecule has 0 amide bonds. The van der Waals surface area contributed by atoms with Crippen LogP contribution in [0.2, 0.25) is 5.02 Å². The van der Waals surface area contributed by atoms with Gasteiger partial charge in [-0.05, 0) is 24.1 Å². The van der Waals surface area contributed by atoms with Crippen LogP contribution in [0.1, 0.15) is 30.8 Å². The number of methoxy groups -OCH3 is 1. The van der Waals surface area contributed by atoms with Gasteiger partial charge in [-0.15, -0.1) is 0 Å². The zero-order valence-electron chi connectivity index (χ0n) is 10.7. The molecule has 2 rings (SSSR count). The lowest BCUT2D eigenvalue weighted by molar-refractivity contribution is 0.0964. The first-order chi connectivity index (χ1) is 8.52. The van der Waals surface area contributed by atoms with Crippen LogP contribution in [0, 0.1) is 5.92 Å². The number of aromatic amines is 1. The molecule has 3 nitrogen and oxygen atoms in total. The van der Waals surface area contributed by atoms with Crippen LogP contribution in [0.5, 0.6) is 5.75 Å². The average molecular weight is 266 g/mol. The van der Waals surface area contributed by atoms with Crippen molar-refractivity contribution in [1.82, 2.24) is 4.98 Å². The van der Waals surface area contributed by atoms with Crippen molar-refractivity contribution in [2.45, 2.75) is 20.3 Å². The Kier molecular flexibility index (Phi) is 3.62. The molecular weight excluding hydrogens is 250 g/mol. The summed E-state index contributed by atoms with van der Waals surface area (Å²) in [6, 6.07) is 5.37. The van der Waals surface area contributed by atoms with Crippen molar-refractivity contribution in [2.24, 2.45) is 5.92 Å². The van der Waals surface area contributed by atoms with Crippen molar-refractivity contribution >= 4 is 28.3 Å². The van der Waals surface area contributed by atoms with Crippen LogP contribution in [0.25, 0.3) is 10.9 Å². The van der Waals surface area contributed by atoms with E-state index in [0.29, 0.717) is 28.8 Å². The first-order valence-corrected chi connectivity index (χ1v) is 6.29. The van der Waals surface area contributed by atoms with Gasteiger partial charge in [0.05, 0.1) is 23.3 Å². The smallest absolute Gasteiger partial charge is 0.179 e. The SMILES string of the molecule is COc1ccc(Cl)c2[nH]c(C(=O)CC(C)C)cc12. The van der Waals surface area contributed by atoms with E-state index in [-0.39, 0.29) is 5.78 Å². The Morgan fingerprint density at radius 1 is 1.44 bits per heavy atom. The van der Waals surface area contributed by atoms with E-state index in [9.17, 15) is 4.79 Å². The van der Waals surface area contributed by atoms with Crippen molar-refractivity contribution in [3.05, 3.63) is 28.9 Å². The third-order valence-electron chi connectivity index (χ3n) is 2.82. The number of nitrogens with one attached hydrogen (secondary N) is 1. The van der Waals surface area contributed by atoms with Gasteiger partial charge in [0.25, 0.3) is 0 Å². The monoisotopic (exact) mass is 265 g/mol. The molecule has 0 aliphatic heterocycles. The molecule has 0 fully saturated rings. The normalized spacial score (nSPS) is 11.2. The predicted octanol–water partition coefficient (Wildman–Crippen LogP) is 4.06. The largest absolute Gasteiger partial charge is 0.496 e. The zero-order valence-corrected chi connectivity index (χ0v) is 11.5. The van der Waals surface area contributed by atoms with Crippen molar-refractivity contribution in [3.63, 3.8) is 0 Å². The highest BCUT2D eigenvalue weighted by Gasteiger charge is 2.15. The van der Waals surface area contributed by atoms with Gasteiger partial charge in [0.15, 0.2) is 5.78 Å². The number of aromatic nitrogens is 1. The van der Waals surface area contributed by atoms with Crippen LogP contribution in [-0.2, 0) is 0 Å². The number of halogens is 1. The second-order valence-corrected chi connectivity index (χ2v) is 5.15. The maximum Gasteiger partial charge on any atom is 0.179 e. The van der Waals surface area contributed by atoms with Gasteiger partial charge in [0.1, 0.15) is 5.75 Å². The fourth-order valence-electron chi connectivity index (χ4n) is 1.97. The summed E-state index contributed by atoms with van der Waals surface area (Å²) in [5.74, 6) is 1.15. The highest BCUT2D eigenvalue weighted by Crippen LogP contribution is 2.32. The Bertz CT molecular complexity index is 587. The van der Waals surface area contributed by atoms with Gasteiger partial charge in [-0.3, -0.25) is 4.79 Å². The van der Waals surface area contributed by atoms with Gasteiger partial charge in [0.2, 0.25) is 0 Å². The Morgan fingerprint density at radius 3 is 2.78 bits per heavy atom. The minimum absolute atomic E-state index is 0.0966. The van der Waals surface area contributed by atoms with E-state index >= 15 is 0 Å². The number of fused-ring (bicyclic) bond motifs is 1. The van der Waals surface area contributed by atoms with Crippen molar-refractivity contribution in [1.29, 1.82) is 0 Å². The third kappa shape index (κ3) is 2.36. The summed E-state index contributed by atoms with van der Waals surface area (Å²) < 4.78 is 5.27. The molecule has 0 aliphatic carbocycles. The van der Waals surface area contributed by atoms with Gasteiger partial charge in [-0.25, -0.2) is 0 Å². The molecule has 0 saturated heterocycles. The molecule has 96 valence electrons. The predicted molar refractivity (Wildman–Crippen MR) is 73.6 cm³/mol. The van der Waals surface area contributed by atoms with Crippen LogP contribution >= 0.6 is 11.6 Å². The molecule has 2 aromatic rings. The minimum atomic E-state index is 0.0966. The van der Waals surface area contributed by atoms with Crippen molar-refractivity contribution in [2.75, 3.05) is 7.11 Å². The van der Waals surface area contributed by atoms with E-state index in [2.05, 4.69) is 4.98 Å². The summed E-state index contributed by atoms with van der Waals surface area (Å²) >= 11 is 6.11. The Labute approximate surface area is 111 Å². The first-order valence-electron chi connectivity index (χ1n) is 5.91. The molecule has 0 atom stereocenters. The van der Waals surface area contributed by atoms with Crippen molar-refractivity contribution < 1.29 is 9.53 Å². The molecule has 0 aliphatic rings. The fraction of sp³-hybridized carbons (Fsp3) is 0.357. The van der Waals surface area contributed by atoms with Gasteiger partial charge in [-0.2, -0.15) is 0 Å². The number of benzene rings is 1. The molecule has 0 unspecified atom stereocenters. The van der Waals surface area contributed by atoms with E-state index in [1.165, 1.54) is 0 Å². The maximum atomic E-state index is 12.0. The van der Waals surface area contributed by atoms with Gasteiger partial charge in [-0.1, -0.05) is 25.4 Å². The fourth-order valence-corrected chi connectivity index (χ4v) is 2.18. The van der Waals surface area contributed by atoms with Crippen LogP contribution in [-0.4, -0.2) is 17.9 Å². The molecule has 4 heteroatoms. The quantitative estimate of drug-likeness (QED) is 0.847. The number of ketones is 1. The Balaban J connectivity index is 2.49. The summed E-state index contributed by atoms with van der Waals surface area (Å²) in [5, 5.41) is 1.44. The molecule has 1 N–H and O–H groups in total. The van der Waals surface area contributed by atoms with E-state index in [1.807, 2.05) is 19.9 Å². The van der Waals surface area contributed by atoms with Crippen LogP contribution < -0.4 is 4.74 Å². The van der Waals surface area contributed by atoms with Gasteiger partial charge < -0.3 is 9.72 Å². The summed E-state index contributed by atoms with van der Waals surface area (Å²) in [6.07, 6.45) is 0.521. The number of Topliss-reactive ketones (excluding diaryl/α,β-unsaturated/α-hetero) is 1. The van der Waals surface area contributed by atoms with E-state index in [1.54, 1.807) is 19.2 Å². The topological polar surface area (TPSA) is 42.1 Å². The number of hydrogen-bond acceptors (Lipinski definition) is 2. The summed E-state index contributed by atoms with van der Waals surface area (Å²) in [5.41, 5.74) is 1.34. The van der Waals surface area contributed by atoms with E-state index in [4.69, 9.17) is 16.3 Å². The lowest BCUT2D eigenvalue weighted by Gasteiger charge is -2.01. The minimum Gasteiger partial charge on any atom is -0.496 e. The highest BCUT2D eigenvalue weighted by atomic mass is 35.5. The number of H-pyrrole nitrogens is 1. The first kappa shape index (κ1) is 13.0. The number of rotatable bonds is 4. The third-order valence-corrected chi connectivity index (χ3v) is 3.13. The number of hydrogen-bond donors (Lipinski definition) is 1. The highest BCUT2D eigenvalue weighted by molar-refractivity contribution is 6.35. The molecule has 0 radical (unpaired) electrons. The average Bonchev–Trinajstić information content (AvgIpc) is 2.74. The second kappa shape index (κ2) is 5.02. The second-order valence-electron chi connectivity index (χ2n) is 4.74. The summed E-state index contributed by atoms with van der Waals surface area (Å²) in [7, 11) is 1.60. The van der Waals surface area contributed by atoms with E-state index < -0.39 is 0 Å². The van der Waals surface area contributed by atoms with Crippen LogP contribution in [0.3, 0.4) is 0 Å². The molecular formula is C14H16ClNO2. The van der Waals surface area contributed by atoms with Crippen LogP contribution in [0.4, 0.5) is 0 Å². The van der Waals surface area contributed by atoms with E-state index in [0.717, 1.165) is 10.9 Å². The lowest BCUT2D eigenvalue weighted by Crippen LogP contribution is -2.03. The summed E-state index contributed by atoms with van der Waals surface area (Å²) in [6.45, 7) is 4.04. The van der Waals surface area contributed by atoms with Gasteiger partial charge >= 0.3 is 0 Å². The maximum absolute atomic E-state index is 12.0. The molecule has 0 spiro atoms. The van der Waals surface area contributed by atoms with Crippen LogP contribution in [0.15, 0.2) is 18.2 Å². The number of carbonyl (C=O) groups excluding carboxylic acids is 1. The molecule has 18 heavy (non-hydrogen) atoms. The number of ether oxygens (including phenoxy) is 1. The molecule has 1 aromatic carbocycles. The molecule has 1 heterocycles. The lowest BCUT2D eigenvalue weighted by atomic mass is 10.1. The number of carbonyl (C=O) groups is 1. The van der Waals surface area contributed by atoms with Gasteiger partial charge in [0, 0.05) is 11.8 Å². The van der Waals surface area contributed by atoms with Crippen molar-refractivity contribution in [3.8, 4) is 5.75 Å². The molecule has 0 saturated carbocycles. The Hall–Kier alpha value is -1.48. The summed E-state index contributed by atoms with van der Waals surface area (Å²) in [4.78, 5) is 15.1. The molecule has 0 bridgehead atoms. The zero-order chi connectivity index (χ0) is 13.3. The Morgan fingerprint density at radius 2 is 2.17 bits per heavy atom. The molecule has 1 aromatic heterocycles. The standard InChI is InChI=1S/C14H16ClNO2/c1-8(2)6-12(17)11-7-9-13(18-3)5-4-10(15)14(9)16-11/h4-5,7-8,16H,6H2,1-3H3.